The molecule has 0 unspecified atom stereocenters. The number of piperazine rings is 1. The standard InChI is InChI=1S/C11H20N4O2S.ClH/c1-4-14-8-11(13-10(14)3)18(16,17)15-6-5-12-7-9(15)2;/h8-9,12H,4-7H2,1-3H3;1H/t9-;/m0./s1. The SMILES string of the molecule is CCn1cc(S(=O)(=O)N2CCNC[C@@H]2C)nc1C.Cl. The van der Waals surface area contributed by atoms with Crippen LogP contribution in [0, 0.1) is 6.92 Å². The lowest BCUT2D eigenvalue weighted by Gasteiger charge is -2.32. The second kappa shape index (κ2) is 6.21. The van der Waals surface area contributed by atoms with Crippen molar-refractivity contribution in [3.8, 4) is 0 Å². The predicted molar refractivity (Wildman–Crippen MR) is 76.1 cm³/mol. The van der Waals surface area contributed by atoms with Gasteiger partial charge >= 0.3 is 0 Å². The number of sulfonamides is 1. The van der Waals surface area contributed by atoms with Gasteiger partial charge < -0.3 is 9.88 Å². The lowest BCUT2D eigenvalue weighted by atomic mass is 10.3. The third-order valence-electron chi connectivity index (χ3n) is 3.31. The lowest BCUT2D eigenvalue weighted by Crippen LogP contribution is -2.52. The molecule has 6 nitrogen and oxygen atoms in total. The number of hydrogen-bond acceptors (Lipinski definition) is 4. The van der Waals surface area contributed by atoms with Gasteiger partial charge in [0.1, 0.15) is 5.82 Å². The van der Waals surface area contributed by atoms with Gasteiger partial charge in [-0.25, -0.2) is 13.4 Å². The zero-order chi connectivity index (χ0) is 13.3. The topological polar surface area (TPSA) is 67.2 Å². The van der Waals surface area contributed by atoms with Crippen LogP contribution in [0.4, 0.5) is 0 Å². The minimum Gasteiger partial charge on any atom is -0.334 e. The lowest BCUT2D eigenvalue weighted by molar-refractivity contribution is 0.283. The first-order valence-electron chi connectivity index (χ1n) is 6.23. The van der Waals surface area contributed by atoms with Gasteiger partial charge in [0, 0.05) is 38.4 Å². The number of nitrogens with one attached hydrogen (secondary N) is 1. The molecule has 1 aromatic rings. The summed E-state index contributed by atoms with van der Waals surface area (Å²) in [6.07, 6.45) is 1.62. The summed E-state index contributed by atoms with van der Waals surface area (Å²) in [4.78, 5) is 4.18. The maximum absolute atomic E-state index is 12.5. The molecule has 1 atom stereocenters. The minimum atomic E-state index is -3.46. The second-order valence-corrected chi connectivity index (χ2v) is 6.42. The number of hydrogen-bond donors (Lipinski definition) is 1. The fourth-order valence-electron chi connectivity index (χ4n) is 2.22. The Morgan fingerprint density at radius 1 is 1.53 bits per heavy atom. The summed E-state index contributed by atoms with van der Waals surface area (Å²) < 4.78 is 28.4. The molecule has 8 heteroatoms. The predicted octanol–water partition coefficient (Wildman–Crippen LogP) is 0.616. The van der Waals surface area contributed by atoms with Crippen molar-refractivity contribution in [3.05, 3.63) is 12.0 Å². The molecule has 0 bridgehead atoms. The van der Waals surface area contributed by atoms with E-state index in [9.17, 15) is 8.42 Å². The van der Waals surface area contributed by atoms with Crippen molar-refractivity contribution < 1.29 is 8.42 Å². The van der Waals surface area contributed by atoms with E-state index >= 15 is 0 Å². The normalized spacial score (nSPS) is 21.1. The van der Waals surface area contributed by atoms with Crippen molar-refractivity contribution in [1.29, 1.82) is 0 Å². The second-order valence-electron chi connectivity index (χ2n) is 4.58. The summed E-state index contributed by atoms with van der Waals surface area (Å²) in [5.74, 6) is 0.735. The van der Waals surface area contributed by atoms with Crippen LogP contribution in [-0.2, 0) is 16.6 Å². The molecule has 0 saturated carbocycles. The van der Waals surface area contributed by atoms with Gasteiger partial charge in [0.15, 0.2) is 5.03 Å². The highest BCUT2D eigenvalue weighted by Crippen LogP contribution is 2.18. The van der Waals surface area contributed by atoms with Gasteiger partial charge in [0.25, 0.3) is 10.0 Å². The van der Waals surface area contributed by atoms with Crippen molar-refractivity contribution >= 4 is 22.4 Å². The van der Waals surface area contributed by atoms with Crippen LogP contribution in [0.5, 0.6) is 0 Å². The van der Waals surface area contributed by atoms with Crippen molar-refractivity contribution in [2.24, 2.45) is 0 Å². The van der Waals surface area contributed by atoms with Crippen molar-refractivity contribution in [2.75, 3.05) is 19.6 Å². The average molecular weight is 309 g/mol. The molecule has 0 amide bonds. The summed E-state index contributed by atoms with van der Waals surface area (Å²) in [6, 6.07) is -0.0316. The van der Waals surface area contributed by atoms with E-state index in [-0.39, 0.29) is 23.5 Å². The summed E-state index contributed by atoms with van der Waals surface area (Å²) in [5, 5.41) is 3.35. The van der Waals surface area contributed by atoms with Crippen LogP contribution >= 0.6 is 12.4 Å². The summed E-state index contributed by atoms with van der Waals surface area (Å²) in [6.45, 7) is 8.31. The fraction of sp³-hybridized carbons (Fsp3) is 0.727. The Balaban J connectivity index is 0.00000180. The molecule has 1 fully saturated rings. The van der Waals surface area contributed by atoms with Crippen LogP contribution < -0.4 is 5.32 Å². The molecule has 19 heavy (non-hydrogen) atoms. The first kappa shape index (κ1) is 16.4. The van der Waals surface area contributed by atoms with Crippen LogP contribution in [-0.4, -0.2) is 48.0 Å². The Hall–Kier alpha value is -0.630. The van der Waals surface area contributed by atoms with Gasteiger partial charge in [-0.3, -0.25) is 0 Å². The molecule has 1 aromatic heterocycles. The number of aryl methyl sites for hydroxylation is 2. The number of rotatable bonds is 3. The highest BCUT2D eigenvalue weighted by atomic mass is 35.5. The highest BCUT2D eigenvalue weighted by Gasteiger charge is 2.32. The molecule has 1 saturated heterocycles. The zero-order valence-electron chi connectivity index (χ0n) is 11.5. The van der Waals surface area contributed by atoms with E-state index in [4.69, 9.17) is 0 Å². The Labute approximate surface area is 120 Å². The van der Waals surface area contributed by atoms with Crippen LogP contribution in [0.15, 0.2) is 11.2 Å². The molecule has 2 rings (SSSR count). The fourth-order valence-corrected chi connectivity index (χ4v) is 3.85. The van der Waals surface area contributed by atoms with E-state index in [0.29, 0.717) is 19.6 Å². The van der Waals surface area contributed by atoms with Crippen LogP contribution in [0.2, 0.25) is 0 Å². The largest absolute Gasteiger partial charge is 0.334 e. The molecule has 0 aliphatic carbocycles. The van der Waals surface area contributed by atoms with Gasteiger partial charge in [-0.15, -0.1) is 12.4 Å². The van der Waals surface area contributed by atoms with E-state index in [1.807, 2.05) is 25.3 Å². The molecule has 110 valence electrons. The Bertz CT molecular complexity index is 529. The summed E-state index contributed by atoms with van der Waals surface area (Å²) in [5.41, 5.74) is 0. The smallest absolute Gasteiger partial charge is 0.262 e. The molecule has 1 aliphatic rings. The summed E-state index contributed by atoms with van der Waals surface area (Å²) in [7, 11) is -3.46. The molecule has 0 spiro atoms. The average Bonchev–Trinajstić information content (AvgIpc) is 2.71. The van der Waals surface area contributed by atoms with E-state index < -0.39 is 10.0 Å². The number of halogens is 1. The maximum Gasteiger partial charge on any atom is 0.262 e. The van der Waals surface area contributed by atoms with Crippen LogP contribution in [0.1, 0.15) is 19.7 Å². The Kier molecular flexibility index (Phi) is 5.37. The summed E-state index contributed by atoms with van der Waals surface area (Å²) >= 11 is 0. The molecular weight excluding hydrogens is 288 g/mol. The first-order chi connectivity index (χ1) is 8.46. The van der Waals surface area contributed by atoms with Crippen molar-refractivity contribution in [3.63, 3.8) is 0 Å². The van der Waals surface area contributed by atoms with Gasteiger partial charge in [-0.1, -0.05) is 0 Å². The number of aromatic nitrogens is 2. The maximum atomic E-state index is 12.5. The number of nitrogens with zero attached hydrogens (tertiary/aromatic N) is 3. The quantitative estimate of drug-likeness (QED) is 0.889. The first-order valence-corrected chi connectivity index (χ1v) is 7.67. The third-order valence-corrected chi connectivity index (χ3v) is 5.19. The van der Waals surface area contributed by atoms with Gasteiger partial charge in [0.2, 0.25) is 0 Å². The number of imidazole rings is 1. The monoisotopic (exact) mass is 308 g/mol. The molecule has 0 radical (unpaired) electrons. The Morgan fingerprint density at radius 3 is 2.74 bits per heavy atom. The van der Waals surface area contributed by atoms with Crippen LogP contribution in [0.3, 0.4) is 0 Å². The molecule has 2 heterocycles. The van der Waals surface area contributed by atoms with Crippen LogP contribution in [0.25, 0.3) is 0 Å². The van der Waals surface area contributed by atoms with Gasteiger partial charge in [-0.2, -0.15) is 4.31 Å². The van der Waals surface area contributed by atoms with Gasteiger partial charge in [-0.05, 0) is 20.8 Å². The molecule has 0 aromatic carbocycles. The molecule has 1 aliphatic heterocycles. The van der Waals surface area contributed by atoms with E-state index in [2.05, 4.69) is 10.3 Å². The highest BCUT2D eigenvalue weighted by molar-refractivity contribution is 7.89. The Morgan fingerprint density at radius 2 is 2.21 bits per heavy atom. The molecule has 1 N–H and O–H groups in total. The molecular formula is C11H21ClN4O2S. The minimum absolute atomic E-state index is 0. The van der Waals surface area contributed by atoms with Gasteiger partial charge in [0.05, 0.1) is 0 Å². The van der Waals surface area contributed by atoms with Crippen molar-refractivity contribution in [2.45, 2.75) is 38.4 Å². The third kappa shape index (κ3) is 3.10. The van der Waals surface area contributed by atoms with E-state index in [0.717, 1.165) is 12.4 Å². The zero-order valence-corrected chi connectivity index (χ0v) is 13.1. The van der Waals surface area contributed by atoms with E-state index in [1.54, 1.807) is 6.20 Å². The van der Waals surface area contributed by atoms with Crippen molar-refractivity contribution in [1.82, 2.24) is 19.2 Å². The van der Waals surface area contributed by atoms with E-state index in [1.165, 1.54) is 4.31 Å².